The number of thiophene rings is 1. The van der Waals surface area contributed by atoms with Crippen molar-refractivity contribution in [3.8, 4) is 5.75 Å². The van der Waals surface area contributed by atoms with E-state index in [9.17, 15) is 0 Å². The Hall–Kier alpha value is -1.69. The fraction of sp³-hybridized carbons (Fsp3) is 0.278. The molecule has 120 valence electrons. The lowest BCUT2D eigenvalue weighted by atomic mass is 10.2. The number of hydrogen-bond donors (Lipinski definition) is 1. The van der Waals surface area contributed by atoms with Crippen molar-refractivity contribution in [1.29, 1.82) is 0 Å². The number of hydrogen-bond acceptors (Lipinski definition) is 5. The lowest BCUT2D eigenvalue weighted by Crippen LogP contribution is -2.16. The maximum atomic E-state index is 5.76. The Kier molecular flexibility index (Phi) is 5.80. The van der Waals surface area contributed by atoms with Gasteiger partial charge in [-0.15, -0.1) is 22.7 Å². The van der Waals surface area contributed by atoms with Gasteiger partial charge in [0.05, 0.1) is 5.69 Å². The molecule has 3 rings (SSSR count). The van der Waals surface area contributed by atoms with Crippen molar-refractivity contribution < 1.29 is 4.74 Å². The minimum Gasteiger partial charge on any atom is -0.486 e. The summed E-state index contributed by atoms with van der Waals surface area (Å²) < 4.78 is 5.76. The highest BCUT2D eigenvalue weighted by atomic mass is 32.1. The third kappa shape index (κ3) is 5.16. The van der Waals surface area contributed by atoms with Gasteiger partial charge in [0.25, 0.3) is 0 Å². The number of aryl methyl sites for hydroxylation is 1. The Morgan fingerprint density at radius 1 is 1.13 bits per heavy atom. The molecule has 1 aromatic carbocycles. The van der Waals surface area contributed by atoms with E-state index >= 15 is 0 Å². The van der Waals surface area contributed by atoms with Crippen LogP contribution < -0.4 is 10.1 Å². The minimum atomic E-state index is 0.531. The number of aromatic nitrogens is 1. The predicted octanol–water partition coefficient (Wildman–Crippen LogP) is 4.42. The largest absolute Gasteiger partial charge is 0.486 e. The van der Waals surface area contributed by atoms with E-state index in [4.69, 9.17) is 4.74 Å². The number of thiazole rings is 1. The van der Waals surface area contributed by atoms with Gasteiger partial charge in [0.1, 0.15) is 17.4 Å². The van der Waals surface area contributed by atoms with E-state index in [2.05, 4.69) is 52.3 Å². The fourth-order valence-electron chi connectivity index (χ4n) is 2.16. The molecule has 0 aliphatic carbocycles. The standard InChI is InChI=1S/C18H20N2OS2/c1-14-4-6-16(7-5-14)21-12-18-20-15(13-23-18)11-19-9-8-17-3-2-10-22-17/h2-7,10,13,19H,8-9,11-12H2,1H3. The smallest absolute Gasteiger partial charge is 0.140 e. The highest BCUT2D eigenvalue weighted by Crippen LogP contribution is 2.16. The van der Waals surface area contributed by atoms with Crippen LogP contribution in [0.25, 0.3) is 0 Å². The molecule has 5 heteroatoms. The molecule has 3 nitrogen and oxygen atoms in total. The van der Waals surface area contributed by atoms with E-state index in [1.807, 2.05) is 23.5 Å². The zero-order chi connectivity index (χ0) is 15.9. The molecule has 1 N–H and O–H groups in total. The van der Waals surface area contributed by atoms with Crippen molar-refractivity contribution in [3.05, 3.63) is 68.3 Å². The van der Waals surface area contributed by atoms with Crippen molar-refractivity contribution in [3.63, 3.8) is 0 Å². The summed E-state index contributed by atoms with van der Waals surface area (Å²) in [5, 5.41) is 8.68. The van der Waals surface area contributed by atoms with Crippen LogP contribution in [0.15, 0.2) is 47.2 Å². The van der Waals surface area contributed by atoms with Crippen molar-refractivity contribution in [2.75, 3.05) is 6.54 Å². The molecule has 0 saturated carbocycles. The summed E-state index contributed by atoms with van der Waals surface area (Å²) in [6.45, 7) is 4.39. The number of benzene rings is 1. The van der Waals surface area contributed by atoms with Gasteiger partial charge in [0.15, 0.2) is 0 Å². The van der Waals surface area contributed by atoms with E-state index in [1.165, 1.54) is 10.4 Å². The van der Waals surface area contributed by atoms with Gasteiger partial charge in [-0.1, -0.05) is 23.8 Å². The molecule has 2 aromatic heterocycles. The van der Waals surface area contributed by atoms with Crippen LogP contribution >= 0.6 is 22.7 Å². The van der Waals surface area contributed by atoms with Gasteiger partial charge in [-0.2, -0.15) is 0 Å². The number of ether oxygens (including phenoxy) is 1. The zero-order valence-electron chi connectivity index (χ0n) is 13.1. The van der Waals surface area contributed by atoms with Crippen LogP contribution in [0.3, 0.4) is 0 Å². The summed E-state index contributed by atoms with van der Waals surface area (Å²) in [6, 6.07) is 12.4. The van der Waals surface area contributed by atoms with Gasteiger partial charge in [-0.05, 0) is 36.9 Å². The quantitative estimate of drug-likeness (QED) is 0.614. The molecule has 0 spiro atoms. The lowest BCUT2D eigenvalue weighted by molar-refractivity contribution is 0.305. The lowest BCUT2D eigenvalue weighted by Gasteiger charge is -2.04. The first kappa shape index (κ1) is 16.2. The first-order valence-corrected chi connectivity index (χ1v) is 9.41. The summed E-state index contributed by atoms with van der Waals surface area (Å²) in [5.74, 6) is 0.890. The normalized spacial score (nSPS) is 10.8. The fourth-order valence-corrected chi connectivity index (χ4v) is 3.57. The van der Waals surface area contributed by atoms with Gasteiger partial charge in [-0.3, -0.25) is 0 Å². The highest BCUT2D eigenvalue weighted by Gasteiger charge is 2.03. The van der Waals surface area contributed by atoms with Gasteiger partial charge in [0, 0.05) is 23.3 Å². The molecule has 3 aromatic rings. The molecule has 23 heavy (non-hydrogen) atoms. The van der Waals surface area contributed by atoms with E-state index in [1.54, 1.807) is 11.3 Å². The van der Waals surface area contributed by atoms with Crippen molar-refractivity contribution >= 4 is 22.7 Å². The molecule has 0 bridgehead atoms. The van der Waals surface area contributed by atoms with Crippen LogP contribution in [0, 0.1) is 6.92 Å². The van der Waals surface area contributed by atoms with E-state index in [0.29, 0.717) is 6.61 Å². The van der Waals surface area contributed by atoms with Crippen LogP contribution in [-0.4, -0.2) is 11.5 Å². The number of nitrogens with zero attached hydrogens (tertiary/aromatic N) is 1. The van der Waals surface area contributed by atoms with Crippen LogP contribution in [0.4, 0.5) is 0 Å². The van der Waals surface area contributed by atoms with Crippen LogP contribution in [0.5, 0.6) is 5.75 Å². The van der Waals surface area contributed by atoms with Gasteiger partial charge < -0.3 is 10.1 Å². The molecule has 0 aliphatic heterocycles. The second-order valence-corrected chi connectivity index (χ2v) is 7.32. The van der Waals surface area contributed by atoms with Crippen LogP contribution in [0.1, 0.15) is 21.1 Å². The van der Waals surface area contributed by atoms with E-state index < -0.39 is 0 Å². The Balaban J connectivity index is 1.40. The second kappa shape index (κ2) is 8.24. The van der Waals surface area contributed by atoms with Crippen LogP contribution in [-0.2, 0) is 19.6 Å². The monoisotopic (exact) mass is 344 g/mol. The zero-order valence-corrected chi connectivity index (χ0v) is 14.8. The molecule has 0 atom stereocenters. The van der Waals surface area contributed by atoms with Crippen molar-refractivity contribution in [1.82, 2.24) is 10.3 Å². The summed E-state index contributed by atoms with van der Waals surface area (Å²) in [5.41, 5.74) is 2.33. The van der Waals surface area contributed by atoms with E-state index in [0.717, 1.165) is 36.0 Å². The first-order chi connectivity index (χ1) is 11.3. The number of rotatable bonds is 8. The predicted molar refractivity (Wildman–Crippen MR) is 97.4 cm³/mol. The summed E-state index contributed by atoms with van der Waals surface area (Å²) in [4.78, 5) is 6.03. The first-order valence-electron chi connectivity index (χ1n) is 7.65. The Labute approximate surface area is 145 Å². The van der Waals surface area contributed by atoms with E-state index in [-0.39, 0.29) is 0 Å². The van der Waals surface area contributed by atoms with Gasteiger partial charge in [-0.25, -0.2) is 4.98 Å². The summed E-state index contributed by atoms with van der Waals surface area (Å²) in [7, 11) is 0. The maximum absolute atomic E-state index is 5.76. The Morgan fingerprint density at radius 2 is 2.00 bits per heavy atom. The molecule has 0 aliphatic rings. The SMILES string of the molecule is Cc1ccc(OCc2nc(CNCCc3cccs3)cs2)cc1. The minimum absolute atomic E-state index is 0.531. The highest BCUT2D eigenvalue weighted by molar-refractivity contribution is 7.10. The summed E-state index contributed by atoms with van der Waals surface area (Å²) >= 11 is 3.46. The van der Waals surface area contributed by atoms with Crippen molar-refractivity contribution in [2.24, 2.45) is 0 Å². The second-order valence-electron chi connectivity index (χ2n) is 5.34. The molecule has 0 radical (unpaired) electrons. The molecule has 0 fully saturated rings. The molecule has 0 amide bonds. The molecule has 0 unspecified atom stereocenters. The van der Waals surface area contributed by atoms with Crippen molar-refractivity contribution in [2.45, 2.75) is 26.5 Å². The maximum Gasteiger partial charge on any atom is 0.140 e. The molecular weight excluding hydrogens is 324 g/mol. The average molecular weight is 345 g/mol. The third-order valence-corrected chi connectivity index (χ3v) is 5.22. The average Bonchev–Trinajstić information content (AvgIpc) is 3.23. The van der Waals surface area contributed by atoms with Gasteiger partial charge in [0.2, 0.25) is 0 Å². The molecular formula is C18H20N2OS2. The summed E-state index contributed by atoms with van der Waals surface area (Å²) in [6.07, 6.45) is 1.07. The molecule has 0 saturated heterocycles. The van der Waals surface area contributed by atoms with Crippen LogP contribution in [0.2, 0.25) is 0 Å². The third-order valence-electron chi connectivity index (χ3n) is 3.42. The Bertz CT molecular complexity index is 705. The molecule has 2 heterocycles. The Morgan fingerprint density at radius 3 is 2.78 bits per heavy atom. The topological polar surface area (TPSA) is 34.1 Å². The number of nitrogens with one attached hydrogen (secondary N) is 1. The van der Waals surface area contributed by atoms with Gasteiger partial charge >= 0.3 is 0 Å².